The number of halogens is 1. The Balaban J connectivity index is 0.00000272. The topological polar surface area (TPSA) is 64.1 Å². The number of imide groups is 1. The van der Waals surface area contributed by atoms with E-state index in [4.69, 9.17) is 0 Å². The van der Waals surface area contributed by atoms with Crippen LogP contribution in [0.5, 0.6) is 0 Å². The molecule has 4 rings (SSSR count). The number of thiophene rings is 1. The van der Waals surface area contributed by atoms with E-state index in [0.717, 1.165) is 30.1 Å². The molecule has 1 aromatic heterocycles. The van der Waals surface area contributed by atoms with Crippen molar-refractivity contribution < 1.29 is 14.7 Å². The number of urea groups is 1. The quantitative estimate of drug-likeness (QED) is 0.656. The van der Waals surface area contributed by atoms with Crippen LogP contribution in [0.4, 0.5) is 4.79 Å². The minimum Gasteiger partial charge on any atom is -0.385 e. The van der Waals surface area contributed by atoms with Gasteiger partial charge in [-0.2, -0.15) is 0 Å². The molecule has 1 N–H and O–H groups in total. The Morgan fingerprint density at radius 3 is 2.35 bits per heavy atom. The Kier molecular flexibility index (Phi) is 8.11. The van der Waals surface area contributed by atoms with Gasteiger partial charge in [0.15, 0.2) is 0 Å². The molecule has 8 heteroatoms. The van der Waals surface area contributed by atoms with Crippen molar-refractivity contribution in [3.05, 3.63) is 57.8 Å². The average molecular weight is 464 g/mol. The van der Waals surface area contributed by atoms with E-state index in [0.29, 0.717) is 0 Å². The maximum absolute atomic E-state index is 13.0. The Labute approximate surface area is 193 Å². The van der Waals surface area contributed by atoms with Crippen molar-refractivity contribution in [1.29, 1.82) is 0 Å². The fraction of sp³-hybridized carbons (Fsp3) is 0.478. The standard InChI is InChI=1S/C23H29N3O3S.ClH/c1-24-20(22(28)26(23(24)29)15-17-9-5-4-6-10-17)21(27)19-12-11-18(30-19)16-25-13-7-2-3-8-14-25;/h4-6,9-12,20-21,27H,2-3,7-8,13-16H2,1H3;1H. The number of rotatable bonds is 6. The Morgan fingerprint density at radius 2 is 1.68 bits per heavy atom. The smallest absolute Gasteiger partial charge is 0.327 e. The second kappa shape index (κ2) is 10.6. The molecule has 2 aliphatic rings. The molecule has 0 spiro atoms. The van der Waals surface area contributed by atoms with Gasteiger partial charge in [0.25, 0.3) is 5.91 Å². The first-order valence-electron chi connectivity index (χ1n) is 10.7. The molecule has 0 radical (unpaired) electrons. The first kappa shape index (κ1) is 23.7. The van der Waals surface area contributed by atoms with Gasteiger partial charge in [-0.1, -0.05) is 43.2 Å². The van der Waals surface area contributed by atoms with E-state index < -0.39 is 12.1 Å². The third kappa shape index (κ3) is 5.29. The van der Waals surface area contributed by atoms with E-state index in [1.54, 1.807) is 7.05 Å². The summed E-state index contributed by atoms with van der Waals surface area (Å²) in [6.07, 6.45) is 4.06. The van der Waals surface area contributed by atoms with E-state index in [9.17, 15) is 14.7 Å². The summed E-state index contributed by atoms with van der Waals surface area (Å²) in [5, 5.41) is 11.0. The Bertz CT molecular complexity index is 883. The minimum absolute atomic E-state index is 0. The van der Waals surface area contributed by atoms with Crippen molar-refractivity contribution in [2.45, 2.75) is 50.9 Å². The highest BCUT2D eigenvalue weighted by molar-refractivity contribution is 7.12. The first-order valence-corrected chi connectivity index (χ1v) is 11.5. The Hall–Kier alpha value is -1.93. The lowest BCUT2D eigenvalue weighted by Gasteiger charge is -2.21. The predicted octanol–water partition coefficient (Wildman–Crippen LogP) is 4.04. The van der Waals surface area contributed by atoms with E-state index in [-0.39, 0.29) is 30.9 Å². The van der Waals surface area contributed by atoms with Crippen molar-refractivity contribution in [1.82, 2.24) is 14.7 Å². The highest BCUT2D eigenvalue weighted by atomic mass is 35.5. The van der Waals surface area contributed by atoms with Crippen LogP contribution in [0.15, 0.2) is 42.5 Å². The van der Waals surface area contributed by atoms with Gasteiger partial charge in [0.2, 0.25) is 0 Å². The van der Waals surface area contributed by atoms with Gasteiger partial charge in [-0.05, 0) is 43.6 Å². The zero-order valence-electron chi connectivity index (χ0n) is 17.8. The molecule has 2 fully saturated rings. The summed E-state index contributed by atoms with van der Waals surface area (Å²) in [5.74, 6) is -0.346. The molecular formula is C23H30ClN3O3S. The summed E-state index contributed by atoms with van der Waals surface area (Å²) in [7, 11) is 1.59. The third-order valence-corrected chi connectivity index (χ3v) is 7.14. The van der Waals surface area contributed by atoms with Gasteiger partial charge in [0, 0.05) is 23.3 Å². The highest BCUT2D eigenvalue weighted by Crippen LogP contribution is 2.33. The molecule has 168 valence electrons. The molecule has 3 heterocycles. The summed E-state index contributed by atoms with van der Waals surface area (Å²) in [6, 6.07) is 12.1. The molecule has 2 unspecified atom stereocenters. The normalized spacial score (nSPS) is 21.2. The summed E-state index contributed by atoms with van der Waals surface area (Å²) in [4.78, 5) is 32.7. The molecule has 1 aromatic carbocycles. The van der Waals surface area contributed by atoms with Gasteiger partial charge < -0.3 is 10.0 Å². The van der Waals surface area contributed by atoms with Gasteiger partial charge in [0.05, 0.1) is 6.54 Å². The molecular weight excluding hydrogens is 434 g/mol. The number of likely N-dealkylation sites (tertiary alicyclic amines) is 1. The maximum Gasteiger partial charge on any atom is 0.327 e. The van der Waals surface area contributed by atoms with Crippen LogP contribution in [0.2, 0.25) is 0 Å². The van der Waals surface area contributed by atoms with Crippen molar-refractivity contribution >= 4 is 35.7 Å². The minimum atomic E-state index is -1.02. The summed E-state index contributed by atoms with van der Waals surface area (Å²) >= 11 is 1.54. The fourth-order valence-corrected chi connectivity index (χ4v) is 5.37. The molecule has 2 atom stereocenters. The number of hydrogen-bond acceptors (Lipinski definition) is 5. The van der Waals surface area contributed by atoms with Crippen molar-refractivity contribution in [2.75, 3.05) is 20.1 Å². The molecule has 31 heavy (non-hydrogen) atoms. The number of aliphatic hydroxyl groups excluding tert-OH is 1. The number of nitrogens with zero attached hydrogens (tertiary/aromatic N) is 3. The number of carbonyl (C=O) groups excluding carboxylic acids is 2. The van der Waals surface area contributed by atoms with E-state index >= 15 is 0 Å². The molecule has 2 aliphatic heterocycles. The van der Waals surface area contributed by atoms with Gasteiger partial charge in [-0.3, -0.25) is 14.6 Å². The van der Waals surface area contributed by atoms with Crippen LogP contribution in [0.1, 0.15) is 47.1 Å². The molecule has 2 aromatic rings. The van der Waals surface area contributed by atoms with Crippen molar-refractivity contribution in [3.8, 4) is 0 Å². The zero-order chi connectivity index (χ0) is 21.1. The van der Waals surface area contributed by atoms with Crippen LogP contribution in [0.25, 0.3) is 0 Å². The monoisotopic (exact) mass is 463 g/mol. The lowest BCUT2D eigenvalue weighted by Crippen LogP contribution is -2.36. The van der Waals surface area contributed by atoms with Crippen LogP contribution >= 0.6 is 23.7 Å². The molecule has 0 bridgehead atoms. The number of likely N-dealkylation sites (N-methyl/N-ethyl adjacent to an activating group) is 1. The van der Waals surface area contributed by atoms with Crippen LogP contribution in [0, 0.1) is 0 Å². The van der Waals surface area contributed by atoms with Crippen LogP contribution in [-0.2, 0) is 17.9 Å². The second-order valence-electron chi connectivity index (χ2n) is 8.19. The molecule has 0 aliphatic carbocycles. The fourth-order valence-electron chi connectivity index (χ4n) is 4.30. The average Bonchev–Trinajstić information content (AvgIpc) is 3.17. The number of aliphatic hydroxyl groups is 1. The van der Waals surface area contributed by atoms with Gasteiger partial charge in [0.1, 0.15) is 12.1 Å². The van der Waals surface area contributed by atoms with Gasteiger partial charge >= 0.3 is 6.03 Å². The van der Waals surface area contributed by atoms with Gasteiger partial charge in [-0.15, -0.1) is 23.7 Å². The molecule has 2 saturated heterocycles. The van der Waals surface area contributed by atoms with Crippen molar-refractivity contribution in [2.24, 2.45) is 0 Å². The highest BCUT2D eigenvalue weighted by Gasteiger charge is 2.47. The zero-order valence-corrected chi connectivity index (χ0v) is 19.4. The van der Waals surface area contributed by atoms with E-state index in [1.807, 2.05) is 42.5 Å². The van der Waals surface area contributed by atoms with Crippen LogP contribution in [-0.4, -0.2) is 57.9 Å². The van der Waals surface area contributed by atoms with Gasteiger partial charge in [-0.25, -0.2) is 4.79 Å². The van der Waals surface area contributed by atoms with E-state index in [1.165, 1.54) is 51.7 Å². The SMILES string of the molecule is CN1C(=O)N(Cc2ccccc2)C(=O)C1C(O)c1ccc(CN2CCCCCC2)s1.Cl. The molecule has 0 saturated carbocycles. The lowest BCUT2D eigenvalue weighted by molar-refractivity contribution is -0.131. The maximum atomic E-state index is 13.0. The largest absolute Gasteiger partial charge is 0.385 e. The summed E-state index contributed by atoms with van der Waals surface area (Å²) in [5.41, 5.74) is 0.888. The number of carbonyl (C=O) groups is 2. The van der Waals surface area contributed by atoms with Crippen molar-refractivity contribution in [3.63, 3.8) is 0 Å². The number of benzene rings is 1. The second-order valence-corrected chi connectivity index (χ2v) is 9.39. The van der Waals surface area contributed by atoms with E-state index in [2.05, 4.69) is 4.90 Å². The van der Waals surface area contributed by atoms with Crippen LogP contribution < -0.4 is 0 Å². The summed E-state index contributed by atoms with van der Waals surface area (Å²) in [6.45, 7) is 3.33. The predicted molar refractivity (Wildman–Crippen MR) is 124 cm³/mol. The summed E-state index contributed by atoms with van der Waals surface area (Å²) < 4.78 is 0. The molecule has 3 amide bonds. The Morgan fingerprint density at radius 1 is 1.00 bits per heavy atom. The third-order valence-electron chi connectivity index (χ3n) is 6.00. The first-order chi connectivity index (χ1) is 14.5. The number of amides is 3. The van der Waals surface area contributed by atoms with Crippen LogP contribution in [0.3, 0.4) is 0 Å². The lowest BCUT2D eigenvalue weighted by atomic mass is 10.1. The molecule has 6 nitrogen and oxygen atoms in total. The number of hydrogen-bond donors (Lipinski definition) is 1.